The number of ether oxygens (including phenoxy) is 2. The molecule has 1 aromatic carbocycles. The second-order valence-electron chi connectivity index (χ2n) is 13.2. The van der Waals surface area contributed by atoms with Crippen LogP contribution in [0.15, 0.2) is 36.5 Å². The van der Waals surface area contributed by atoms with E-state index in [4.69, 9.17) is 20.2 Å². The monoisotopic (exact) mass is 600 g/mol. The number of benzene rings is 1. The van der Waals surface area contributed by atoms with E-state index in [2.05, 4.69) is 21.7 Å². The second kappa shape index (κ2) is 11.3. The molecular weight excluding hydrogens is 560 g/mol. The van der Waals surface area contributed by atoms with Crippen LogP contribution in [0.4, 0.5) is 0 Å². The number of carbonyl (C=O) groups is 3. The van der Waals surface area contributed by atoms with Gasteiger partial charge in [0.1, 0.15) is 22.5 Å². The number of fused-ring (bicyclic) bond motifs is 2. The van der Waals surface area contributed by atoms with Crippen molar-refractivity contribution in [3.05, 3.63) is 42.1 Å². The Balaban J connectivity index is 1.34. The van der Waals surface area contributed by atoms with E-state index in [1.165, 1.54) is 12.8 Å². The van der Waals surface area contributed by atoms with Gasteiger partial charge in [-0.3, -0.25) is 14.4 Å². The number of hydrogen-bond donors (Lipinski definition) is 1. The number of aryl methyl sites for hydroxylation is 1. The number of methoxy groups -OCH3 is 1. The smallest absolute Gasteiger partial charge is 0.306 e. The van der Waals surface area contributed by atoms with E-state index in [1.807, 2.05) is 44.6 Å². The molecule has 0 bridgehead atoms. The molecule has 4 heterocycles. The zero-order valence-corrected chi connectivity index (χ0v) is 26.0. The van der Waals surface area contributed by atoms with Crippen molar-refractivity contribution in [3.63, 3.8) is 0 Å². The van der Waals surface area contributed by atoms with Crippen LogP contribution in [-0.4, -0.2) is 67.6 Å². The van der Waals surface area contributed by atoms with E-state index in [9.17, 15) is 14.4 Å². The fourth-order valence-corrected chi connectivity index (χ4v) is 6.36. The van der Waals surface area contributed by atoms with Crippen molar-refractivity contribution in [2.75, 3.05) is 20.2 Å². The zero-order chi connectivity index (χ0) is 31.3. The molecule has 11 heteroatoms. The standard InChI is InChI=1S/C33H40N6O5/c1-33(2,3)44-27(40)12-20-11-23(29(34)41)18-38(16-20)32(42)22-13-24-28(26(15-22)43-5)37(4)31(36-24)25-14-21-7-6-10-35-30(21)39(25)17-19-8-9-19/h6-7,10,13-15,19-20,23H,8-9,11-12,16-18H2,1-5H3,(H2,34,41). The Labute approximate surface area is 256 Å². The lowest BCUT2D eigenvalue weighted by molar-refractivity contribution is -0.156. The average Bonchev–Trinajstić information content (AvgIpc) is 3.64. The summed E-state index contributed by atoms with van der Waals surface area (Å²) >= 11 is 0. The Bertz CT molecular complexity index is 1760. The highest BCUT2D eigenvalue weighted by Gasteiger charge is 2.35. The first-order valence-corrected chi connectivity index (χ1v) is 15.2. The number of imidazole rings is 1. The SMILES string of the molecule is COc1cc(C(=O)N2CC(CC(=O)OC(C)(C)C)CC(C(N)=O)C2)cc2nc(-c3cc4cccnc4n3CC3CC3)n(C)c12. The molecule has 4 aromatic rings. The number of pyridine rings is 1. The third-order valence-corrected chi connectivity index (χ3v) is 8.53. The number of nitrogens with two attached hydrogens (primary N) is 1. The van der Waals surface area contributed by atoms with Gasteiger partial charge < -0.3 is 29.2 Å². The molecule has 1 aliphatic heterocycles. The number of esters is 1. The molecule has 0 radical (unpaired) electrons. The molecule has 232 valence electrons. The van der Waals surface area contributed by atoms with Crippen molar-refractivity contribution in [2.24, 2.45) is 30.5 Å². The van der Waals surface area contributed by atoms with Gasteiger partial charge in [0.15, 0.2) is 5.82 Å². The molecule has 2 amide bonds. The van der Waals surface area contributed by atoms with Gasteiger partial charge in [0.2, 0.25) is 5.91 Å². The van der Waals surface area contributed by atoms with Gasteiger partial charge in [0, 0.05) is 43.8 Å². The first-order chi connectivity index (χ1) is 20.9. The number of likely N-dealkylation sites (tertiary alicyclic amines) is 1. The maximum atomic E-state index is 14.0. The minimum atomic E-state index is -0.624. The summed E-state index contributed by atoms with van der Waals surface area (Å²) in [6.07, 6.45) is 4.75. The van der Waals surface area contributed by atoms with E-state index >= 15 is 0 Å². The number of carbonyl (C=O) groups excluding carboxylic acids is 3. The second-order valence-corrected chi connectivity index (χ2v) is 13.2. The van der Waals surface area contributed by atoms with Crippen molar-refractivity contribution < 1.29 is 23.9 Å². The molecule has 1 saturated carbocycles. The summed E-state index contributed by atoms with van der Waals surface area (Å²) in [6.45, 7) is 6.80. The van der Waals surface area contributed by atoms with E-state index < -0.39 is 17.4 Å². The van der Waals surface area contributed by atoms with Crippen molar-refractivity contribution >= 4 is 39.9 Å². The fraction of sp³-hybridized carbons (Fsp3) is 0.485. The molecule has 1 aliphatic carbocycles. The van der Waals surface area contributed by atoms with Crippen LogP contribution in [0.3, 0.4) is 0 Å². The molecule has 0 spiro atoms. The number of rotatable bonds is 8. The van der Waals surface area contributed by atoms with Gasteiger partial charge in [-0.05, 0) is 82.2 Å². The fourth-order valence-electron chi connectivity index (χ4n) is 6.36. The molecular formula is C33H40N6O5. The number of amides is 2. The van der Waals surface area contributed by atoms with Crippen LogP contribution < -0.4 is 10.5 Å². The van der Waals surface area contributed by atoms with E-state index in [0.717, 1.165) is 34.6 Å². The molecule has 2 aliphatic rings. The minimum absolute atomic E-state index is 0.0977. The van der Waals surface area contributed by atoms with Crippen molar-refractivity contribution in [3.8, 4) is 17.3 Å². The number of nitrogens with zero attached hydrogens (tertiary/aromatic N) is 5. The third-order valence-electron chi connectivity index (χ3n) is 8.53. The highest BCUT2D eigenvalue weighted by Crippen LogP contribution is 2.38. The maximum Gasteiger partial charge on any atom is 0.306 e. The Hall–Kier alpha value is -4.41. The molecule has 11 nitrogen and oxygen atoms in total. The topological polar surface area (TPSA) is 135 Å². The first kappa shape index (κ1) is 29.7. The number of hydrogen-bond acceptors (Lipinski definition) is 7. The Kier molecular flexibility index (Phi) is 7.59. The average molecular weight is 601 g/mol. The quantitative estimate of drug-likeness (QED) is 0.298. The summed E-state index contributed by atoms with van der Waals surface area (Å²) in [7, 11) is 3.52. The van der Waals surface area contributed by atoms with Crippen LogP contribution in [0.1, 0.15) is 56.8 Å². The number of piperidine rings is 1. The van der Waals surface area contributed by atoms with Crippen molar-refractivity contribution in [1.82, 2.24) is 24.0 Å². The molecule has 2 N–H and O–H groups in total. The highest BCUT2D eigenvalue weighted by atomic mass is 16.6. The van der Waals surface area contributed by atoms with Gasteiger partial charge in [-0.15, -0.1) is 0 Å². The van der Waals surface area contributed by atoms with Gasteiger partial charge in [-0.2, -0.15) is 0 Å². The minimum Gasteiger partial charge on any atom is -0.494 e. The van der Waals surface area contributed by atoms with Gasteiger partial charge >= 0.3 is 5.97 Å². The maximum absolute atomic E-state index is 14.0. The summed E-state index contributed by atoms with van der Waals surface area (Å²) in [5.74, 6) is -0.0381. The van der Waals surface area contributed by atoms with E-state index in [-0.39, 0.29) is 30.8 Å². The largest absolute Gasteiger partial charge is 0.494 e. The highest BCUT2D eigenvalue weighted by molar-refractivity contribution is 6.00. The Morgan fingerprint density at radius 3 is 2.55 bits per heavy atom. The number of primary amides is 1. The van der Waals surface area contributed by atoms with Crippen molar-refractivity contribution in [1.29, 1.82) is 0 Å². The Morgan fingerprint density at radius 2 is 1.86 bits per heavy atom. The van der Waals surface area contributed by atoms with Crippen molar-refractivity contribution in [2.45, 2.75) is 58.6 Å². The number of aromatic nitrogens is 4. The van der Waals surface area contributed by atoms with Gasteiger partial charge in [-0.25, -0.2) is 9.97 Å². The normalized spacial score (nSPS) is 19.0. The van der Waals surface area contributed by atoms with Crippen LogP contribution in [0.5, 0.6) is 5.75 Å². The summed E-state index contributed by atoms with van der Waals surface area (Å²) in [5.41, 5.74) is 8.75. The summed E-state index contributed by atoms with van der Waals surface area (Å²) < 4.78 is 15.5. The van der Waals surface area contributed by atoms with Crippen LogP contribution in [0.25, 0.3) is 33.6 Å². The lowest BCUT2D eigenvalue weighted by Gasteiger charge is -2.36. The van der Waals surface area contributed by atoms with Gasteiger partial charge in [-0.1, -0.05) is 0 Å². The lowest BCUT2D eigenvalue weighted by atomic mass is 9.86. The molecule has 2 unspecified atom stereocenters. The van der Waals surface area contributed by atoms with E-state index in [0.29, 0.717) is 35.7 Å². The third kappa shape index (κ3) is 5.87. The lowest BCUT2D eigenvalue weighted by Crippen LogP contribution is -2.48. The van der Waals surface area contributed by atoms with E-state index in [1.54, 1.807) is 24.1 Å². The molecule has 2 atom stereocenters. The first-order valence-electron chi connectivity index (χ1n) is 15.2. The molecule has 2 fully saturated rings. The predicted molar refractivity (Wildman–Crippen MR) is 166 cm³/mol. The summed E-state index contributed by atoms with van der Waals surface area (Å²) in [6, 6.07) is 9.60. The van der Waals surface area contributed by atoms with Crippen LogP contribution in [-0.2, 0) is 27.9 Å². The van der Waals surface area contributed by atoms with Crippen LogP contribution in [0, 0.1) is 17.8 Å². The molecule has 44 heavy (non-hydrogen) atoms. The Morgan fingerprint density at radius 1 is 1.09 bits per heavy atom. The summed E-state index contributed by atoms with van der Waals surface area (Å²) in [4.78, 5) is 50.1. The molecule has 3 aromatic heterocycles. The molecule has 1 saturated heterocycles. The van der Waals surface area contributed by atoms with Crippen LogP contribution >= 0.6 is 0 Å². The van der Waals surface area contributed by atoms with Gasteiger partial charge in [0.05, 0.1) is 30.7 Å². The summed E-state index contributed by atoms with van der Waals surface area (Å²) in [5, 5.41) is 1.05. The predicted octanol–water partition coefficient (Wildman–Crippen LogP) is 4.30. The zero-order valence-electron chi connectivity index (χ0n) is 26.0. The van der Waals surface area contributed by atoms with Gasteiger partial charge in [0.25, 0.3) is 5.91 Å². The van der Waals surface area contributed by atoms with Crippen LogP contribution in [0.2, 0.25) is 0 Å². The molecule has 6 rings (SSSR count).